The molecule has 12 heteroatoms. The molecule has 0 bridgehead atoms. The summed E-state index contributed by atoms with van der Waals surface area (Å²) in [5.41, 5.74) is 0. The van der Waals surface area contributed by atoms with Gasteiger partial charge in [0.2, 0.25) is 0 Å². The fourth-order valence-electron chi connectivity index (χ4n) is 5.73. The van der Waals surface area contributed by atoms with E-state index in [2.05, 4.69) is 67.0 Å². The molecule has 0 aliphatic carbocycles. The van der Waals surface area contributed by atoms with Crippen molar-refractivity contribution in [1.82, 2.24) is 0 Å². The minimum Gasteiger partial charge on any atom is -0.462 e. The lowest BCUT2D eigenvalue weighted by molar-refractivity contribution is -0.161. The van der Waals surface area contributed by atoms with Crippen molar-refractivity contribution < 1.29 is 52.5 Å². The largest absolute Gasteiger partial charge is 0.472 e. The molecule has 3 N–H and O–H groups in total. The molecule has 1 heterocycles. The first kappa shape index (κ1) is 51.6. The van der Waals surface area contributed by atoms with E-state index in [1.165, 1.54) is 57.8 Å². The highest BCUT2D eigenvalue weighted by molar-refractivity contribution is 7.47. The highest BCUT2D eigenvalue weighted by Gasteiger charge is 2.35. The van der Waals surface area contributed by atoms with E-state index in [-0.39, 0.29) is 19.4 Å². The molecule has 0 aromatic carbocycles. The maximum absolute atomic E-state index is 12.6. The first-order chi connectivity index (χ1) is 27.2. The molecule has 0 radical (unpaired) electrons. The Morgan fingerprint density at radius 1 is 0.643 bits per heavy atom. The number of aliphatic hydroxyl groups is 2. The average Bonchev–Trinajstić information content (AvgIpc) is 3.96. The zero-order valence-corrected chi connectivity index (χ0v) is 35.4. The predicted octanol–water partition coefficient (Wildman–Crippen LogP) is 10.1. The number of unbranched alkanes of at least 4 members (excludes halogenated alkanes) is 12. The van der Waals surface area contributed by atoms with E-state index >= 15 is 0 Å². The van der Waals surface area contributed by atoms with E-state index in [0.29, 0.717) is 25.0 Å². The van der Waals surface area contributed by atoms with Gasteiger partial charge in [0.1, 0.15) is 12.7 Å². The number of carbonyl (C=O) groups is 2. The molecule has 56 heavy (non-hydrogen) atoms. The van der Waals surface area contributed by atoms with Crippen molar-refractivity contribution in [2.45, 2.75) is 180 Å². The van der Waals surface area contributed by atoms with Gasteiger partial charge in [-0.15, -0.1) is 0 Å². The molecular weight excluding hydrogens is 735 g/mol. The lowest BCUT2D eigenvalue weighted by atomic mass is 10.0. The normalized spacial score (nSPS) is 18.1. The van der Waals surface area contributed by atoms with E-state index in [4.69, 9.17) is 23.8 Å². The fraction of sp³-hybridized carbons (Fsp3) is 0.727. The number of aliphatic hydroxyl groups excluding tert-OH is 2. The highest BCUT2D eigenvalue weighted by Crippen LogP contribution is 2.43. The SMILES string of the molecule is CCCCCCCCCCCCCCCC(=O)OCC(COP(=O)(O)OCC(O)CO)OC(=O)CC/C=C/C/C=C/C/C=C/C/C=C/C/C=C/CC1OC1CC. The van der Waals surface area contributed by atoms with Crippen molar-refractivity contribution in [1.29, 1.82) is 0 Å². The van der Waals surface area contributed by atoms with Crippen LogP contribution in [0.15, 0.2) is 60.8 Å². The quantitative estimate of drug-likeness (QED) is 0.0179. The third-order valence-corrected chi connectivity index (χ3v) is 10.1. The third-order valence-electron chi connectivity index (χ3n) is 9.17. The number of rotatable bonds is 38. The molecule has 0 amide bonds. The van der Waals surface area contributed by atoms with Crippen LogP contribution < -0.4 is 0 Å². The Balaban J connectivity index is 2.30. The zero-order valence-electron chi connectivity index (χ0n) is 34.5. The Labute approximate surface area is 338 Å². The number of hydrogen-bond donors (Lipinski definition) is 3. The molecule has 0 spiro atoms. The first-order valence-electron chi connectivity index (χ1n) is 21.4. The zero-order chi connectivity index (χ0) is 41.0. The minimum absolute atomic E-state index is 0.0555. The summed E-state index contributed by atoms with van der Waals surface area (Å²) in [5, 5.41) is 18.3. The topological polar surface area (TPSA) is 161 Å². The lowest BCUT2D eigenvalue weighted by Gasteiger charge is -2.20. The third kappa shape index (κ3) is 32.7. The van der Waals surface area contributed by atoms with Crippen molar-refractivity contribution in [3.05, 3.63) is 60.8 Å². The molecule has 1 saturated heterocycles. The summed E-state index contributed by atoms with van der Waals surface area (Å²) < 4.78 is 38.1. The Morgan fingerprint density at radius 2 is 1.14 bits per heavy atom. The molecule has 0 saturated carbocycles. The molecule has 322 valence electrons. The summed E-state index contributed by atoms with van der Waals surface area (Å²) >= 11 is 0. The Morgan fingerprint density at radius 3 is 1.66 bits per heavy atom. The fourth-order valence-corrected chi connectivity index (χ4v) is 6.52. The van der Waals surface area contributed by atoms with E-state index in [1.54, 1.807) is 0 Å². The number of phosphoric acid groups is 1. The van der Waals surface area contributed by atoms with Crippen LogP contribution in [0.25, 0.3) is 0 Å². The lowest BCUT2D eigenvalue weighted by Crippen LogP contribution is -2.29. The summed E-state index contributed by atoms with van der Waals surface area (Å²) in [6.07, 6.45) is 41.1. The molecule has 5 unspecified atom stereocenters. The van der Waals surface area contributed by atoms with Crippen LogP contribution in [0.1, 0.15) is 155 Å². The monoisotopic (exact) mass is 811 g/mol. The van der Waals surface area contributed by atoms with Crippen LogP contribution in [0.2, 0.25) is 0 Å². The van der Waals surface area contributed by atoms with Gasteiger partial charge in [-0.3, -0.25) is 18.6 Å². The second-order valence-electron chi connectivity index (χ2n) is 14.4. The molecule has 1 fully saturated rings. The van der Waals surface area contributed by atoms with Gasteiger partial charge in [0.05, 0.1) is 32.0 Å². The van der Waals surface area contributed by atoms with Crippen molar-refractivity contribution in [3.8, 4) is 0 Å². The van der Waals surface area contributed by atoms with Gasteiger partial charge in [0, 0.05) is 12.8 Å². The van der Waals surface area contributed by atoms with Crippen LogP contribution in [0, 0.1) is 0 Å². The number of epoxide rings is 1. The smallest absolute Gasteiger partial charge is 0.462 e. The maximum atomic E-state index is 12.6. The maximum Gasteiger partial charge on any atom is 0.472 e. The number of ether oxygens (including phenoxy) is 3. The number of carbonyl (C=O) groups excluding carboxylic acids is 2. The summed E-state index contributed by atoms with van der Waals surface area (Å²) in [7, 11) is -4.64. The summed E-state index contributed by atoms with van der Waals surface area (Å²) in [6, 6.07) is 0. The minimum atomic E-state index is -4.64. The molecule has 1 aliphatic heterocycles. The van der Waals surface area contributed by atoms with Gasteiger partial charge in [-0.25, -0.2) is 4.57 Å². The van der Waals surface area contributed by atoms with Gasteiger partial charge in [-0.05, 0) is 51.4 Å². The Hall–Kier alpha value is -2.37. The molecule has 0 aromatic heterocycles. The van der Waals surface area contributed by atoms with Crippen molar-refractivity contribution in [3.63, 3.8) is 0 Å². The van der Waals surface area contributed by atoms with Crippen LogP contribution in [0.5, 0.6) is 0 Å². The van der Waals surface area contributed by atoms with E-state index < -0.39 is 51.8 Å². The van der Waals surface area contributed by atoms with Crippen LogP contribution in [0.3, 0.4) is 0 Å². The summed E-state index contributed by atoms with van der Waals surface area (Å²) in [4.78, 5) is 34.9. The van der Waals surface area contributed by atoms with Crippen molar-refractivity contribution >= 4 is 19.8 Å². The second-order valence-corrected chi connectivity index (χ2v) is 15.8. The van der Waals surface area contributed by atoms with Crippen LogP contribution in [-0.2, 0) is 37.4 Å². The molecule has 5 atom stereocenters. The molecular formula is C44H75O11P. The van der Waals surface area contributed by atoms with Gasteiger partial charge >= 0.3 is 19.8 Å². The van der Waals surface area contributed by atoms with Gasteiger partial charge < -0.3 is 29.3 Å². The molecule has 1 rings (SSSR count). The van der Waals surface area contributed by atoms with E-state index in [0.717, 1.165) is 57.8 Å². The van der Waals surface area contributed by atoms with Gasteiger partial charge in [0.15, 0.2) is 6.10 Å². The Bertz CT molecular complexity index is 1180. The van der Waals surface area contributed by atoms with Crippen molar-refractivity contribution in [2.75, 3.05) is 26.4 Å². The van der Waals surface area contributed by atoms with E-state index in [1.807, 2.05) is 12.2 Å². The highest BCUT2D eigenvalue weighted by atomic mass is 31.2. The summed E-state index contributed by atoms with van der Waals surface area (Å²) in [6.45, 7) is 2.18. The first-order valence-corrected chi connectivity index (χ1v) is 22.9. The Kier molecular flexibility index (Phi) is 33.0. The van der Waals surface area contributed by atoms with Gasteiger partial charge in [-0.1, -0.05) is 152 Å². The van der Waals surface area contributed by atoms with Crippen LogP contribution >= 0.6 is 7.82 Å². The molecule has 1 aliphatic rings. The van der Waals surface area contributed by atoms with Gasteiger partial charge in [-0.2, -0.15) is 0 Å². The van der Waals surface area contributed by atoms with E-state index in [9.17, 15) is 24.2 Å². The van der Waals surface area contributed by atoms with Crippen LogP contribution in [-0.4, -0.2) is 77.9 Å². The molecule has 11 nitrogen and oxygen atoms in total. The second kappa shape index (κ2) is 35.8. The molecule has 0 aromatic rings. The average molecular weight is 811 g/mol. The summed E-state index contributed by atoms with van der Waals surface area (Å²) in [5.74, 6) is -1.03. The predicted molar refractivity (Wildman–Crippen MR) is 223 cm³/mol. The number of allylic oxidation sites excluding steroid dienone is 9. The standard InChI is InChI=1S/C44H75O11P/c1-3-5-6-7-8-9-10-14-18-21-24-27-30-33-43(47)51-37-40(38-53-56(49,50)52-36-39(46)35-45)54-44(48)34-31-28-25-22-19-16-13-11-12-15-17-20-23-26-29-32-42-41(4-2)55-42/h11-12,16-17,19-20,25-26,28-29,39-42,45-46H,3-10,13-15,18,21-24,27,30-38H2,1-2H3,(H,49,50)/b12-11+,19-16+,20-17+,28-25+,29-26+. The van der Waals surface area contributed by atoms with Crippen molar-refractivity contribution in [2.24, 2.45) is 0 Å². The number of hydrogen-bond acceptors (Lipinski definition) is 10. The van der Waals surface area contributed by atoms with Crippen LogP contribution in [0.4, 0.5) is 0 Å². The van der Waals surface area contributed by atoms with Gasteiger partial charge in [0.25, 0.3) is 0 Å². The number of phosphoric ester groups is 1. The number of esters is 2.